The van der Waals surface area contributed by atoms with E-state index in [0.717, 1.165) is 11.3 Å². The van der Waals surface area contributed by atoms with Crippen LogP contribution in [0.15, 0.2) is 35.4 Å². The zero-order valence-electron chi connectivity index (χ0n) is 9.44. The fourth-order valence-electron chi connectivity index (χ4n) is 1.42. The van der Waals surface area contributed by atoms with Crippen LogP contribution in [0.25, 0.3) is 0 Å². The first-order chi connectivity index (χ1) is 7.22. The molecule has 0 spiro atoms. The Labute approximate surface area is 108 Å². The van der Waals surface area contributed by atoms with Gasteiger partial charge in [-0.05, 0) is 23.3 Å². The van der Waals surface area contributed by atoms with E-state index in [-0.39, 0.29) is 18.3 Å². The van der Waals surface area contributed by atoms with Crippen molar-refractivity contribution in [3.8, 4) is 5.75 Å². The van der Waals surface area contributed by atoms with Crippen LogP contribution in [0.5, 0.6) is 5.75 Å². The molecular formula is C12H17Cl2NO. The summed E-state index contributed by atoms with van der Waals surface area (Å²) >= 11 is 5.70. The van der Waals surface area contributed by atoms with E-state index in [1.807, 2.05) is 24.3 Å². The van der Waals surface area contributed by atoms with Gasteiger partial charge in [0.2, 0.25) is 0 Å². The second kappa shape index (κ2) is 7.55. The summed E-state index contributed by atoms with van der Waals surface area (Å²) in [5, 5.41) is 0. The number of hydrogen-bond acceptors (Lipinski definition) is 2. The average molecular weight is 262 g/mol. The minimum atomic E-state index is 0. The SMILES string of the molecule is COc1ccc(C(C)/C(=C/Cl)CN)cc1.Cl. The minimum absolute atomic E-state index is 0. The standard InChI is InChI=1S/C12H16ClNO.ClH/c1-9(11(7-13)8-14)10-3-5-12(15-2)6-4-10;/h3-7,9H,8,14H2,1-2H3;1H/b11-7+;. The van der Waals surface area contributed by atoms with Crippen LogP contribution in [-0.4, -0.2) is 13.7 Å². The van der Waals surface area contributed by atoms with Gasteiger partial charge in [0.15, 0.2) is 0 Å². The molecule has 0 heterocycles. The van der Waals surface area contributed by atoms with Gasteiger partial charge in [0.25, 0.3) is 0 Å². The maximum atomic E-state index is 5.70. The van der Waals surface area contributed by atoms with Gasteiger partial charge in [0, 0.05) is 18.0 Å². The van der Waals surface area contributed by atoms with Gasteiger partial charge in [0.1, 0.15) is 5.75 Å². The summed E-state index contributed by atoms with van der Waals surface area (Å²) in [6.07, 6.45) is 0. The first-order valence-electron chi connectivity index (χ1n) is 4.86. The van der Waals surface area contributed by atoms with Crippen LogP contribution in [0.1, 0.15) is 18.4 Å². The molecule has 16 heavy (non-hydrogen) atoms. The number of halogens is 2. The highest BCUT2D eigenvalue weighted by atomic mass is 35.5. The van der Waals surface area contributed by atoms with Gasteiger partial charge in [-0.15, -0.1) is 12.4 Å². The van der Waals surface area contributed by atoms with Crippen LogP contribution in [0.2, 0.25) is 0 Å². The van der Waals surface area contributed by atoms with Crippen molar-refractivity contribution in [1.29, 1.82) is 0 Å². The molecule has 90 valence electrons. The van der Waals surface area contributed by atoms with Crippen molar-refractivity contribution < 1.29 is 4.74 Å². The quantitative estimate of drug-likeness (QED) is 0.903. The van der Waals surface area contributed by atoms with Crippen LogP contribution in [0.3, 0.4) is 0 Å². The van der Waals surface area contributed by atoms with E-state index < -0.39 is 0 Å². The minimum Gasteiger partial charge on any atom is -0.497 e. The molecule has 1 rings (SSSR count). The summed E-state index contributed by atoms with van der Waals surface area (Å²) in [5.74, 6) is 1.11. The van der Waals surface area contributed by atoms with Crippen molar-refractivity contribution in [2.75, 3.05) is 13.7 Å². The summed E-state index contributed by atoms with van der Waals surface area (Å²) in [6.45, 7) is 2.57. The Balaban J connectivity index is 0.00000225. The third-order valence-electron chi connectivity index (χ3n) is 2.55. The molecule has 2 N–H and O–H groups in total. The van der Waals surface area contributed by atoms with E-state index >= 15 is 0 Å². The van der Waals surface area contributed by atoms with Gasteiger partial charge in [-0.25, -0.2) is 0 Å². The maximum Gasteiger partial charge on any atom is 0.118 e. The topological polar surface area (TPSA) is 35.2 Å². The number of nitrogens with two attached hydrogens (primary N) is 1. The smallest absolute Gasteiger partial charge is 0.118 e. The lowest BCUT2D eigenvalue weighted by atomic mass is 9.94. The number of hydrogen-bond donors (Lipinski definition) is 1. The van der Waals surface area contributed by atoms with Gasteiger partial charge in [-0.3, -0.25) is 0 Å². The van der Waals surface area contributed by atoms with Gasteiger partial charge >= 0.3 is 0 Å². The summed E-state index contributed by atoms with van der Waals surface area (Å²) in [7, 11) is 1.66. The van der Waals surface area contributed by atoms with E-state index in [2.05, 4.69) is 6.92 Å². The van der Waals surface area contributed by atoms with Crippen LogP contribution in [0.4, 0.5) is 0 Å². The monoisotopic (exact) mass is 261 g/mol. The molecule has 0 saturated carbocycles. The summed E-state index contributed by atoms with van der Waals surface area (Å²) in [4.78, 5) is 0. The van der Waals surface area contributed by atoms with E-state index in [4.69, 9.17) is 22.1 Å². The number of ether oxygens (including phenoxy) is 1. The highest BCUT2D eigenvalue weighted by molar-refractivity contribution is 6.25. The molecule has 4 heteroatoms. The number of rotatable bonds is 4. The molecule has 1 atom stereocenters. The van der Waals surface area contributed by atoms with Gasteiger partial charge in [-0.1, -0.05) is 30.7 Å². The Bertz CT molecular complexity index is 335. The summed E-state index contributed by atoms with van der Waals surface area (Å²) in [5.41, 5.74) is 9.38. The Morgan fingerprint density at radius 2 is 2.00 bits per heavy atom. The third kappa shape index (κ3) is 3.71. The molecule has 0 saturated heterocycles. The molecule has 2 nitrogen and oxygen atoms in total. The lowest BCUT2D eigenvalue weighted by Gasteiger charge is -2.14. The normalized spacial score (nSPS) is 12.9. The summed E-state index contributed by atoms with van der Waals surface area (Å²) in [6, 6.07) is 7.93. The van der Waals surface area contributed by atoms with E-state index in [1.165, 1.54) is 5.56 Å². The zero-order valence-corrected chi connectivity index (χ0v) is 11.0. The molecule has 0 aromatic heterocycles. The van der Waals surface area contributed by atoms with Crippen molar-refractivity contribution in [1.82, 2.24) is 0 Å². The second-order valence-electron chi connectivity index (χ2n) is 3.38. The Morgan fingerprint density at radius 3 is 2.38 bits per heavy atom. The van der Waals surface area contributed by atoms with Crippen LogP contribution in [-0.2, 0) is 0 Å². The van der Waals surface area contributed by atoms with Crippen LogP contribution in [0, 0.1) is 0 Å². The lowest BCUT2D eigenvalue weighted by molar-refractivity contribution is 0.414. The van der Waals surface area contributed by atoms with Gasteiger partial charge in [-0.2, -0.15) is 0 Å². The largest absolute Gasteiger partial charge is 0.497 e. The first-order valence-corrected chi connectivity index (χ1v) is 5.29. The van der Waals surface area contributed by atoms with E-state index in [0.29, 0.717) is 6.54 Å². The van der Waals surface area contributed by atoms with Crippen LogP contribution < -0.4 is 10.5 Å². The van der Waals surface area contributed by atoms with Gasteiger partial charge in [0.05, 0.1) is 7.11 Å². The van der Waals surface area contributed by atoms with Gasteiger partial charge < -0.3 is 10.5 Å². The lowest BCUT2D eigenvalue weighted by Crippen LogP contribution is -2.09. The van der Waals surface area contributed by atoms with Crippen molar-refractivity contribution in [2.45, 2.75) is 12.8 Å². The van der Waals surface area contributed by atoms with E-state index in [1.54, 1.807) is 12.6 Å². The van der Waals surface area contributed by atoms with Crippen molar-refractivity contribution in [2.24, 2.45) is 5.73 Å². The fraction of sp³-hybridized carbons (Fsp3) is 0.333. The molecule has 0 aliphatic carbocycles. The predicted molar refractivity (Wildman–Crippen MR) is 71.6 cm³/mol. The molecule has 1 aromatic carbocycles. The average Bonchev–Trinajstić information content (AvgIpc) is 2.30. The molecule has 1 aromatic rings. The Morgan fingerprint density at radius 1 is 1.44 bits per heavy atom. The molecule has 0 fully saturated rings. The van der Waals surface area contributed by atoms with Crippen molar-refractivity contribution in [3.05, 3.63) is 40.9 Å². The molecule has 0 aliphatic rings. The number of benzene rings is 1. The Hall–Kier alpha value is -0.700. The highest BCUT2D eigenvalue weighted by Gasteiger charge is 2.09. The second-order valence-corrected chi connectivity index (χ2v) is 3.60. The first kappa shape index (κ1) is 15.3. The zero-order chi connectivity index (χ0) is 11.3. The Kier molecular flexibility index (Phi) is 7.22. The van der Waals surface area contributed by atoms with Crippen molar-refractivity contribution in [3.63, 3.8) is 0 Å². The fourth-order valence-corrected chi connectivity index (χ4v) is 1.70. The maximum absolute atomic E-state index is 5.70. The molecule has 0 radical (unpaired) electrons. The molecule has 1 unspecified atom stereocenters. The molecule has 0 aliphatic heterocycles. The van der Waals surface area contributed by atoms with Crippen molar-refractivity contribution >= 4 is 24.0 Å². The van der Waals surface area contributed by atoms with Crippen LogP contribution >= 0.6 is 24.0 Å². The predicted octanol–water partition coefficient (Wildman–Crippen LogP) is 3.30. The molecule has 0 bridgehead atoms. The molecular weight excluding hydrogens is 245 g/mol. The third-order valence-corrected chi connectivity index (χ3v) is 2.83. The van der Waals surface area contributed by atoms with E-state index in [9.17, 15) is 0 Å². The molecule has 0 amide bonds. The number of methoxy groups -OCH3 is 1. The summed E-state index contributed by atoms with van der Waals surface area (Å²) < 4.78 is 5.10. The highest BCUT2D eigenvalue weighted by Crippen LogP contribution is 2.25.